The van der Waals surface area contributed by atoms with E-state index in [0.29, 0.717) is 22.4 Å². The number of halogens is 1. The van der Waals surface area contributed by atoms with Crippen LogP contribution in [0.4, 0.5) is 4.39 Å². The maximum atomic E-state index is 13.7. The van der Waals surface area contributed by atoms with Gasteiger partial charge >= 0.3 is 0 Å². The fourth-order valence-electron chi connectivity index (χ4n) is 2.68. The van der Waals surface area contributed by atoms with E-state index in [-0.39, 0.29) is 37.8 Å². The number of aromatic amines is 1. The molecule has 1 amide bonds. The van der Waals surface area contributed by atoms with Crippen LogP contribution in [0.3, 0.4) is 0 Å². The molecular weight excluding hydrogens is 315 g/mol. The van der Waals surface area contributed by atoms with Crippen LogP contribution in [-0.2, 0) is 29.1 Å². The van der Waals surface area contributed by atoms with Crippen LogP contribution in [0.15, 0.2) is 29.1 Å². The predicted octanol–water partition coefficient (Wildman–Crippen LogP) is 1.55. The van der Waals surface area contributed by atoms with Gasteiger partial charge in [0.05, 0.1) is 13.0 Å². The summed E-state index contributed by atoms with van der Waals surface area (Å²) >= 11 is 0. The molecule has 2 aromatic rings. The second-order valence-electron chi connectivity index (χ2n) is 5.65. The number of fused-ring (bicyclic) bond motifs is 1. The molecule has 126 valence electrons. The Kier molecular flexibility index (Phi) is 4.61. The van der Waals surface area contributed by atoms with Gasteiger partial charge in [0.25, 0.3) is 0 Å². The number of amides is 1. The zero-order chi connectivity index (χ0) is 17.1. The van der Waals surface area contributed by atoms with Crippen LogP contribution in [0.1, 0.15) is 22.4 Å². The minimum Gasteiger partial charge on any atom is -0.467 e. The van der Waals surface area contributed by atoms with E-state index in [4.69, 9.17) is 9.47 Å². The van der Waals surface area contributed by atoms with Crippen LogP contribution in [0.5, 0.6) is 5.75 Å². The molecule has 2 N–H and O–H groups in total. The predicted molar refractivity (Wildman–Crippen MR) is 84.0 cm³/mol. The van der Waals surface area contributed by atoms with Gasteiger partial charge < -0.3 is 19.8 Å². The summed E-state index contributed by atoms with van der Waals surface area (Å²) in [6, 6.07) is 5.85. The third-order valence-corrected chi connectivity index (χ3v) is 3.63. The first-order valence-electron chi connectivity index (χ1n) is 7.49. The smallest absolute Gasteiger partial charge is 0.248 e. The summed E-state index contributed by atoms with van der Waals surface area (Å²) in [5.41, 5.74) is 2.28. The first kappa shape index (κ1) is 16.2. The van der Waals surface area contributed by atoms with Crippen molar-refractivity contribution in [3.63, 3.8) is 0 Å². The van der Waals surface area contributed by atoms with Crippen LogP contribution in [0.2, 0.25) is 0 Å². The lowest BCUT2D eigenvalue weighted by Crippen LogP contribution is -2.26. The molecule has 7 heteroatoms. The van der Waals surface area contributed by atoms with Crippen molar-refractivity contribution >= 4 is 5.91 Å². The summed E-state index contributed by atoms with van der Waals surface area (Å²) in [6.07, 6.45) is -0.0116. The number of carbonyl (C=O) groups excluding carboxylic acids is 1. The second kappa shape index (κ2) is 6.84. The van der Waals surface area contributed by atoms with E-state index in [9.17, 15) is 14.0 Å². The Hall–Kier alpha value is -2.67. The lowest BCUT2D eigenvalue weighted by atomic mass is 10.0. The highest BCUT2D eigenvalue weighted by molar-refractivity contribution is 5.79. The van der Waals surface area contributed by atoms with Crippen molar-refractivity contribution in [2.24, 2.45) is 0 Å². The second-order valence-corrected chi connectivity index (χ2v) is 5.65. The average Bonchev–Trinajstić information content (AvgIpc) is 2.52. The standard InChI is InChI=1S/C17H17FN2O4/c1-10-2-11(3-16(22)20-10)7-19-15(21)6-12-4-14(18)5-13-8-23-9-24-17(12)13/h2-5H,6-9H2,1H3,(H,19,21)(H,20,22). The Morgan fingerprint density at radius 2 is 2.17 bits per heavy atom. The molecule has 0 unspecified atom stereocenters. The van der Waals surface area contributed by atoms with Gasteiger partial charge in [0.2, 0.25) is 11.5 Å². The summed E-state index contributed by atoms with van der Waals surface area (Å²) < 4.78 is 24.2. The molecule has 0 radical (unpaired) electrons. The monoisotopic (exact) mass is 332 g/mol. The number of aromatic nitrogens is 1. The minimum atomic E-state index is -0.434. The van der Waals surface area contributed by atoms with Crippen LogP contribution >= 0.6 is 0 Å². The molecule has 2 heterocycles. The van der Waals surface area contributed by atoms with Gasteiger partial charge in [-0.05, 0) is 30.7 Å². The number of benzene rings is 1. The molecule has 1 aliphatic rings. The van der Waals surface area contributed by atoms with Gasteiger partial charge in [-0.1, -0.05) is 0 Å². The van der Waals surface area contributed by atoms with Gasteiger partial charge in [-0.25, -0.2) is 4.39 Å². The Labute approximate surface area is 137 Å². The van der Waals surface area contributed by atoms with E-state index in [2.05, 4.69) is 10.3 Å². The first-order chi connectivity index (χ1) is 11.5. The van der Waals surface area contributed by atoms with Gasteiger partial charge in [0, 0.05) is 29.4 Å². The van der Waals surface area contributed by atoms with Gasteiger partial charge in [-0.3, -0.25) is 9.59 Å². The van der Waals surface area contributed by atoms with Crippen LogP contribution in [0.25, 0.3) is 0 Å². The molecule has 1 aromatic heterocycles. The minimum absolute atomic E-state index is 0.0116. The highest BCUT2D eigenvalue weighted by atomic mass is 19.1. The fourth-order valence-corrected chi connectivity index (χ4v) is 2.68. The van der Waals surface area contributed by atoms with E-state index in [1.54, 1.807) is 13.0 Å². The summed E-state index contributed by atoms with van der Waals surface area (Å²) in [4.78, 5) is 26.2. The number of nitrogens with one attached hydrogen (secondary N) is 2. The number of ether oxygens (including phenoxy) is 2. The number of H-pyrrole nitrogens is 1. The van der Waals surface area contributed by atoms with Crippen molar-refractivity contribution in [1.29, 1.82) is 0 Å². The molecular formula is C17H17FN2O4. The zero-order valence-corrected chi connectivity index (χ0v) is 13.1. The summed E-state index contributed by atoms with van der Waals surface area (Å²) in [6.45, 7) is 2.34. The molecule has 0 spiro atoms. The number of rotatable bonds is 4. The maximum absolute atomic E-state index is 13.7. The molecule has 6 nitrogen and oxygen atoms in total. The molecule has 1 aliphatic heterocycles. The lowest BCUT2D eigenvalue weighted by Gasteiger charge is -2.20. The Morgan fingerprint density at radius 1 is 1.33 bits per heavy atom. The molecule has 0 saturated heterocycles. The van der Waals surface area contributed by atoms with E-state index in [1.165, 1.54) is 18.2 Å². The van der Waals surface area contributed by atoms with E-state index < -0.39 is 5.82 Å². The molecule has 0 atom stereocenters. The third kappa shape index (κ3) is 3.80. The highest BCUT2D eigenvalue weighted by Crippen LogP contribution is 2.29. The number of hydrogen-bond donors (Lipinski definition) is 2. The lowest BCUT2D eigenvalue weighted by molar-refractivity contribution is -0.120. The van der Waals surface area contributed by atoms with Crippen molar-refractivity contribution < 1.29 is 18.7 Å². The Bertz CT molecular complexity index is 832. The normalized spacial score (nSPS) is 13.1. The Morgan fingerprint density at radius 3 is 2.96 bits per heavy atom. The maximum Gasteiger partial charge on any atom is 0.248 e. The topological polar surface area (TPSA) is 80.4 Å². The van der Waals surface area contributed by atoms with Gasteiger partial charge in [0.15, 0.2) is 6.79 Å². The molecule has 0 aliphatic carbocycles. The third-order valence-electron chi connectivity index (χ3n) is 3.63. The van der Waals surface area contributed by atoms with Gasteiger partial charge in [0.1, 0.15) is 11.6 Å². The summed E-state index contributed by atoms with van der Waals surface area (Å²) in [5, 5.41) is 2.73. The van der Waals surface area contributed by atoms with E-state index >= 15 is 0 Å². The zero-order valence-electron chi connectivity index (χ0n) is 13.1. The summed E-state index contributed by atoms with van der Waals surface area (Å²) in [7, 11) is 0. The molecule has 0 fully saturated rings. The van der Waals surface area contributed by atoms with Crippen LogP contribution in [-0.4, -0.2) is 17.7 Å². The van der Waals surface area contributed by atoms with Crippen LogP contribution < -0.4 is 15.6 Å². The largest absolute Gasteiger partial charge is 0.467 e. The van der Waals surface area contributed by atoms with Crippen molar-refractivity contribution in [3.05, 3.63) is 62.8 Å². The first-order valence-corrected chi connectivity index (χ1v) is 7.49. The SMILES string of the molecule is Cc1cc(CNC(=O)Cc2cc(F)cc3c2OCOC3)cc(=O)[nH]1. The Balaban J connectivity index is 1.69. The van der Waals surface area contributed by atoms with Gasteiger partial charge in [-0.2, -0.15) is 0 Å². The van der Waals surface area contributed by atoms with E-state index in [0.717, 1.165) is 5.69 Å². The number of aryl methyl sites for hydroxylation is 1. The molecule has 3 rings (SSSR count). The number of pyridine rings is 1. The van der Waals surface area contributed by atoms with Crippen molar-refractivity contribution in [1.82, 2.24) is 10.3 Å². The number of hydrogen-bond acceptors (Lipinski definition) is 4. The fraction of sp³-hybridized carbons (Fsp3) is 0.294. The van der Waals surface area contributed by atoms with Crippen molar-refractivity contribution in [2.45, 2.75) is 26.5 Å². The van der Waals surface area contributed by atoms with Gasteiger partial charge in [-0.15, -0.1) is 0 Å². The van der Waals surface area contributed by atoms with Crippen molar-refractivity contribution in [3.8, 4) is 5.75 Å². The number of carbonyl (C=O) groups is 1. The molecule has 0 bridgehead atoms. The summed E-state index contributed by atoms with van der Waals surface area (Å²) in [5.74, 6) is -0.212. The molecule has 24 heavy (non-hydrogen) atoms. The quantitative estimate of drug-likeness (QED) is 0.890. The molecule has 0 saturated carbocycles. The van der Waals surface area contributed by atoms with Crippen LogP contribution in [0, 0.1) is 12.7 Å². The van der Waals surface area contributed by atoms with E-state index in [1.807, 2.05) is 0 Å². The van der Waals surface area contributed by atoms with Crippen molar-refractivity contribution in [2.75, 3.05) is 6.79 Å². The average molecular weight is 332 g/mol. The highest BCUT2D eigenvalue weighted by Gasteiger charge is 2.18. The molecule has 1 aromatic carbocycles.